The molecule has 2 aromatic carbocycles. The van der Waals surface area contributed by atoms with E-state index in [9.17, 15) is 14.4 Å². The number of methoxy groups -OCH3 is 1. The van der Waals surface area contributed by atoms with Crippen molar-refractivity contribution in [1.82, 2.24) is 20.5 Å². The van der Waals surface area contributed by atoms with Crippen LogP contribution in [0.3, 0.4) is 0 Å². The van der Waals surface area contributed by atoms with Crippen LogP contribution in [-0.4, -0.2) is 46.9 Å². The van der Waals surface area contributed by atoms with Crippen molar-refractivity contribution >= 4 is 28.6 Å². The number of nitrogens with zero attached hydrogens (tertiary/aromatic N) is 2. The lowest BCUT2D eigenvalue weighted by atomic mass is 9.98. The van der Waals surface area contributed by atoms with Crippen LogP contribution < -0.4 is 15.4 Å². The van der Waals surface area contributed by atoms with Gasteiger partial charge in [0.1, 0.15) is 5.75 Å². The Hall–Kier alpha value is -4.38. The van der Waals surface area contributed by atoms with Gasteiger partial charge in [-0.15, -0.1) is 0 Å². The van der Waals surface area contributed by atoms with Crippen LogP contribution in [0.15, 0.2) is 54.9 Å². The summed E-state index contributed by atoms with van der Waals surface area (Å²) in [5.74, 6) is 5.73. The maximum Gasteiger partial charge on any atom is 0.323 e. The summed E-state index contributed by atoms with van der Waals surface area (Å²) in [4.78, 5) is 43.4. The van der Waals surface area contributed by atoms with Gasteiger partial charge in [0.15, 0.2) is 0 Å². The maximum atomic E-state index is 13.0. The van der Waals surface area contributed by atoms with Crippen LogP contribution in [0.1, 0.15) is 21.5 Å². The number of nitrogens with one attached hydrogen (secondary N) is 2. The number of fused-ring (bicyclic) bond motifs is 2. The van der Waals surface area contributed by atoms with Crippen molar-refractivity contribution in [2.45, 2.75) is 12.1 Å². The molecule has 8 nitrogen and oxygen atoms in total. The van der Waals surface area contributed by atoms with Gasteiger partial charge in [0.2, 0.25) is 5.54 Å². The first-order valence-electron chi connectivity index (χ1n) is 9.95. The highest BCUT2D eigenvalue weighted by atomic mass is 16.5. The number of imide groups is 1. The fourth-order valence-electron chi connectivity index (χ4n) is 4.02. The van der Waals surface area contributed by atoms with Gasteiger partial charge in [-0.25, -0.2) is 4.79 Å². The molecule has 0 radical (unpaired) electrons. The van der Waals surface area contributed by atoms with Crippen molar-refractivity contribution in [3.63, 3.8) is 0 Å². The number of benzene rings is 2. The molecule has 158 valence electrons. The third-order valence-electron chi connectivity index (χ3n) is 5.66. The molecule has 1 aromatic heterocycles. The van der Waals surface area contributed by atoms with Crippen molar-refractivity contribution in [3.8, 4) is 17.6 Å². The zero-order valence-electron chi connectivity index (χ0n) is 17.1. The molecule has 2 N–H and O–H groups in total. The summed E-state index contributed by atoms with van der Waals surface area (Å²) >= 11 is 0. The van der Waals surface area contributed by atoms with Gasteiger partial charge in [-0.1, -0.05) is 30.0 Å². The maximum absolute atomic E-state index is 13.0. The molecule has 0 bridgehead atoms. The molecule has 32 heavy (non-hydrogen) atoms. The second-order valence-corrected chi connectivity index (χ2v) is 7.65. The van der Waals surface area contributed by atoms with E-state index in [2.05, 4.69) is 27.5 Å². The van der Waals surface area contributed by atoms with Crippen LogP contribution in [0.25, 0.3) is 10.8 Å². The molecule has 0 aliphatic carbocycles. The minimum absolute atomic E-state index is 0.0836. The first-order chi connectivity index (χ1) is 15.5. The van der Waals surface area contributed by atoms with Crippen LogP contribution in [-0.2, 0) is 11.3 Å². The van der Waals surface area contributed by atoms with Gasteiger partial charge in [-0.3, -0.25) is 19.9 Å². The fraction of sp³-hybridized carbons (Fsp3) is 0.167. The van der Waals surface area contributed by atoms with Crippen molar-refractivity contribution < 1.29 is 19.1 Å². The van der Waals surface area contributed by atoms with E-state index in [1.165, 1.54) is 12.0 Å². The number of carbonyl (C=O) groups is 3. The molecule has 0 unspecified atom stereocenters. The van der Waals surface area contributed by atoms with Crippen molar-refractivity contribution in [2.24, 2.45) is 0 Å². The Morgan fingerprint density at radius 2 is 2.06 bits per heavy atom. The number of pyridine rings is 1. The number of aromatic nitrogens is 1. The van der Waals surface area contributed by atoms with E-state index in [1.54, 1.807) is 24.5 Å². The molecule has 5 rings (SSSR count). The highest BCUT2D eigenvalue weighted by Crippen LogP contribution is 2.28. The van der Waals surface area contributed by atoms with E-state index in [-0.39, 0.29) is 12.5 Å². The second kappa shape index (κ2) is 7.39. The van der Waals surface area contributed by atoms with Crippen molar-refractivity contribution in [3.05, 3.63) is 71.5 Å². The van der Waals surface area contributed by atoms with Gasteiger partial charge in [0.05, 0.1) is 13.7 Å². The Labute approximate surface area is 183 Å². The van der Waals surface area contributed by atoms with E-state index in [0.717, 1.165) is 16.3 Å². The Morgan fingerprint density at radius 1 is 1.19 bits per heavy atom. The summed E-state index contributed by atoms with van der Waals surface area (Å²) in [5.41, 5.74) is 0.469. The van der Waals surface area contributed by atoms with Crippen LogP contribution in [0.4, 0.5) is 4.79 Å². The van der Waals surface area contributed by atoms with Crippen molar-refractivity contribution in [1.29, 1.82) is 0 Å². The molecule has 0 spiro atoms. The molecule has 3 aromatic rings. The normalized spacial score (nSPS) is 19.3. The summed E-state index contributed by atoms with van der Waals surface area (Å²) in [6.45, 7) is 0.227. The highest BCUT2D eigenvalue weighted by Gasteiger charge is 2.48. The molecule has 8 heteroatoms. The molecule has 4 amide bonds. The Kier molecular flexibility index (Phi) is 4.52. The number of rotatable bonds is 3. The lowest BCUT2D eigenvalue weighted by Gasteiger charge is -2.26. The van der Waals surface area contributed by atoms with Gasteiger partial charge < -0.3 is 15.0 Å². The lowest BCUT2D eigenvalue weighted by molar-refractivity contribution is -0.122. The van der Waals surface area contributed by atoms with E-state index in [1.807, 2.05) is 30.3 Å². The van der Waals surface area contributed by atoms with Gasteiger partial charge in [0.25, 0.3) is 11.8 Å². The van der Waals surface area contributed by atoms with Crippen LogP contribution in [0.5, 0.6) is 5.75 Å². The number of carbonyl (C=O) groups excluding carboxylic acids is 3. The van der Waals surface area contributed by atoms with E-state index in [4.69, 9.17) is 4.74 Å². The Balaban J connectivity index is 1.51. The van der Waals surface area contributed by atoms with Gasteiger partial charge in [0, 0.05) is 40.8 Å². The summed E-state index contributed by atoms with van der Waals surface area (Å²) in [5, 5.41) is 6.67. The average molecular weight is 426 g/mol. The van der Waals surface area contributed by atoms with Gasteiger partial charge >= 0.3 is 6.03 Å². The number of ether oxygens (including phenoxy) is 1. The standard InChI is InChI=1S/C24H18N4O4/c1-32-18-6-5-17-13-28(21(29)20(17)11-18)14-24(22(30)26-23(31)27-24)9-7-15-3-2-4-16-12-25-10-8-19(15)16/h2-6,8,10-12H,13-14H2,1H3,(H2,26,27,30,31)/t24-/m1/s1. The van der Waals surface area contributed by atoms with E-state index >= 15 is 0 Å². The zero-order valence-corrected chi connectivity index (χ0v) is 17.1. The molecule has 0 saturated carbocycles. The molecule has 3 heterocycles. The smallest absolute Gasteiger partial charge is 0.323 e. The minimum atomic E-state index is -1.56. The Morgan fingerprint density at radius 3 is 2.84 bits per heavy atom. The third-order valence-corrected chi connectivity index (χ3v) is 5.66. The topological polar surface area (TPSA) is 101 Å². The number of urea groups is 1. The number of hydrogen-bond acceptors (Lipinski definition) is 5. The molecule has 1 fully saturated rings. The monoisotopic (exact) mass is 426 g/mol. The summed E-state index contributed by atoms with van der Waals surface area (Å²) in [6.07, 6.45) is 3.40. The summed E-state index contributed by atoms with van der Waals surface area (Å²) < 4.78 is 5.21. The quantitative estimate of drug-likeness (QED) is 0.492. The predicted molar refractivity (Wildman–Crippen MR) is 116 cm³/mol. The average Bonchev–Trinajstić information content (AvgIpc) is 3.26. The number of hydrogen-bond donors (Lipinski definition) is 2. The summed E-state index contributed by atoms with van der Waals surface area (Å²) in [6, 6.07) is 12.1. The van der Waals surface area contributed by atoms with Gasteiger partial charge in [-0.05, 0) is 29.8 Å². The largest absolute Gasteiger partial charge is 0.497 e. The van der Waals surface area contributed by atoms with Crippen LogP contribution in [0.2, 0.25) is 0 Å². The predicted octanol–water partition coefficient (Wildman–Crippen LogP) is 1.83. The first-order valence-corrected chi connectivity index (χ1v) is 9.95. The summed E-state index contributed by atoms with van der Waals surface area (Å²) in [7, 11) is 1.53. The highest BCUT2D eigenvalue weighted by molar-refractivity contribution is 6.10. The Bertz CT molecular complexity index is 1350. The lowest BCUT2D eigenvalue weighted by Crippen LogP contribution is -2.54. The molecular weight excluding hydrogens is 408 g/mol. The van der Waals surface area contributed by atoms with E-state index < -0.39 is 17.5 Å². The van der Waals surface area contributed by atoms with Gasteiger partial charge in [-0.2, -0.15) is 0 Å². The zero-order chi connectivity index (χ0) is 22.3. The molecule has 2 aliphatic rings. The molecule has 1 atom stereocenters. The van der Waals surface area contributed by atoms with E-state index in [0.29, 0.717) is 23.4 Å². The third kappa shape index (κ3) is 3.20. The first kappa shape index (κ1) is 19.6. The SMILES string of the molecule is COc1ccc2c(c1)C(=O)N(C[C@@]1(C#Cc3cccc4cnccc34)NC(=O)NC1=O)C2. The van der Waals surface area contributed by atoms with Crippen molar-refractivity contribution in [2.75, 3.05) is 13.7 Å². The number of amides is 4. The van der Waals surface area contributed by atoms with Crippen LogP contribution in [0, 0.1) is 11.8 Å². The van der Waals surface area contributed by atoms with Crippen LogP contribution >= 0.6 is 0 Å². The molecule has 2 aliphatic heterocycles. The molecular formula is C24H18N4O4. The fourth-order valence-corrected chi connectivity index (χ4v) is 4.02. The minimum Gasteiger partial charge on any atom is -0.497 e. The second-order valence-electron chi connectivity index (χ2n) is 7.65. The molecule has 1 saturated heterocycles.